The van der Waals surface area contributed by atoms with Crippen LogP contribution in [-0.4, -0.2) is 44.8 Å². The van der Waals surface area contributed by atoms with Crippen LogP contribution in [0.25, 0.3) is 10.9 Å². The van der Waals surface area contributed by atoms with Crippen molar-refractivity contribution in [2.24, 2.45) is 0 Å². The van der Waals surface area contributed by atoms with Gasteiger partial charge in [0.1, 0.15) is 11.9 Å². The van der Waals surface area contributed by atoms with Crippen molar-refractivity contribution in [1.29, 1.82) is 0 Å². The van der Waals surface area contributed by atoms with Gasteiger partial charge in [0.05, 0.1) is 11.7 Å². The summed E-state index contributed by atoms with van der Waals surface area (Å²) < 4.78 is 0. The predicted molar refractivity (Wildman–Crippen MR) is 127 cm³/mol. The van der Waals surface area contributed by atoms with Crippen LogP contribution in [0.1, 0.15) is 66.6 Å². The van der Waals surface area contributed by atoms with Gasteiger partial charge in [0.15, 0.2) is 0 Å². The van der Waals surface area contributed by atoms with Crippen molar-refractivity contribution in [1.82, 2.24) is 20.5 Å². The summed E-state index contributed by atoms with van der Waals surface area (Å²) in [4.78, 5) is 28.9. The Kier molecular flexibility index (Phi) is 7.55. The number of unbranched alkanes of at least 4 members (excludes halogenated alkanes) is 4. The number of aryl methyl sites for hydroxylation is 2. The molecule has 1 atom stereocenters. The molecule has 0 bridgehead atoms. The first-order valence-corrected chi connectivity index (χ1v) is 11.8. The summed E-state index contributed by atoms with van der Waals surface area (Å²) in [5.41, 5.74) is 3.71. The zero-order valence-electron chi connectivity index (χ0n) is 18.8. The monoisotopic (exact) mass is 449 g/mol. The number of rotatable bonds is 11. The highest BCUT2D eigenvalue weighted by molar-refractivity contribution is 5.99. The third-order valence-electron chi connectivity index (χ3n) is 6.18. The van der Waals surface area contributed by atoms with Crippen LogP contribution >= 0.6 is 0 Å². The largest absolute Gasteiger partial charge is 0.480 e. The molecule has 3 heterocycles. The highest BCUT2D eigenvalue weighted by Gasteiger charge is 2.20. The Morgan fingerprint density at radius 1 is 1.09 bits per heavy atom. The summed E-state index contributed by atoms with van der Waals surface area (Å²) in [7, 11) is 0. The van der Waals surface area contributed by atoms with Crippen molar-refractivity contribution in [2.75, 3.05) is 11.9 Å². The molecule has 1 aliphatic rings. The summed E-state index contributed by atoms with van der Waals surface area (Å²) in [6.45, 7) is 1.00. The Morgan fingerprint density at radius 2 is 1.94 bits per heavy atom. The highest BCUT2D eigenvalue weighted by Crippen LogP contribution is 2.20. The number of pyridine rings is 1. The minimum atomic E-state index is -1.00. The van der Waals surface area contributed by atoms with Crippen LogP contribution in [0, 0.1) is 0 Å². The van der Waals surface area contributed by atoms with Gasteiger partial charge in [-0.05, 0) is 61.9 Å². The van der Waals surface area contributed by atoms with E-state index in [0.29, 0.717) is 12.0 Å². The minimum Gasteiger partial charge on any atom is -0.480 e. The molecule has 0 radical (unpaired) electrons. The quantitative estimate of drug-likeness (QED) is 0.327. The zero-order chi connectivity index (χ0) is 23.0. The van der Waals surface area contributed by atoms with E-state index in [1.54, 1.807) is 24.4 Å². The molecule has 1 unspecified atom stereocenters. The number of H-pyrrole nitrogens is 1. The fourth-order valence-electron chi connectivity index (χ4n) is 4.28. The molecule has 0 spiro atoms. The van der Waals surface area contributed by atoms with Crippen molar-refractivity contribution in [3.63, 3.8) is 0 Å². The molecule has 0 saturated carbocycles. The molecule has 0 aliphatic carbocycles. The standard InChI is InChI=1S/C25H31N5O3/c31-24(18-11-13-21-19(15-18)16-27-30-21)29-22(25(32)33)9-5-3-1-2-4-8-20-12-10-17-7-6-14-26-23(17)28-20/h10-13,15-16,22H,1-9,14H2,(H,26,28)(H,27,30)(H,29,31)(H,32,33). The van der Waals surface area contributed by atoms with Gasteiger partial charge in [0, 0.05) is 23.2 Å². The molecule has 1 aliphatic heterocycles. The van der Waals surface area contributed by atoms with Crippen LogP contribution in [0.5, 0.6) is 0 Å². The van der Waals surface area contributed by atoms with Gasteiger partial charge in [0.25, 0.3) is 5.91 Å². The van der Waals surface area contributed by atoms with E-state index in [1.807, 2.05) is 0 Å². The summed E-state index contributed by atoms with van der Waals surface area (Å²) in [6.07, 6.45) is 10.2. The van der Waals surface area contributed by atoms with Crippen LogP contribution in [-0.2, 0) is 17.6 Å². The van der Waals surface area contributed by atoms with Gasteiger partial charge in [-0.1, -0.05) is 31.7 Å². The first-order chi connectivity index (χ1) is 16.1. The highest BCUT2D eigenvalue weighted by atomic mass is 16.4. The number of amides is 1. The molecule has 2 aromatic heterocycles. The van der Waals surface area contributed by atoms with Crippen LogP contribution in [0.4, 0.5) is 5.82 Å². The molecule has 1 aromatic carbocycles. The molecule has 3 aromatic rings. The minimum absolute atomic E-state index is 0.377. The first-order valence-electron chi connectivity index (χ1n) is 11.8. The van der Waals surface area contributed by atoms with Gasteiger partial charge in [-0.25, -0.2) is 9.78 Å². The smallest absolute Gasteiger partial charge is 0.326 e. The number of aromatic nitrogens is 3. The second-order valence-corrected chi connectivity index (χ2v) is 8.68. The number of carboxylic acids is 1. The molecule has 8 nitrogen and oxygen atoms in total. The third kappa shape index (κ3) is 6.09. The second kappa shape index (κ2) is 10.9. The summed E-state index contributed by atoms with van der Waals surface area (Å²) in [5, 5.41) is 23.1. The molecule has 4 rings (SSSR count). The number of carbonyl (C=O) groups excluding carboxylic acids is 1. The third-order valence-corrected chi connectivity index (χ3v) is 6.18. The number of nitrogens with one attached hydrogen (secondary N) is 3. The van der Waals surface area contributed by atoms with Gasteiger partial charge in [-0.15, -0.1) is 0 Å². The lowest BCUT2D eigenvalue weighted by Gasteiger charge is -2.17. The summed E-state index contributed by atoms with van der Waals surface area (Å²) in [5.74, 6) is -0.331. The zero-order valence-corrected chi connectivity index (χ0v) is 18.8. The molecule has 8 heteroatoms. The number of carboxylic acid groups (broad SMARTS) is 1. The Morgan fingerprint density at radius 3 is 2.82 bits per heavy atom. The first kappa shape index (κ1) is 22.8. The number of aromatic amines is 1. The fraction of sp³-hybridized carbons (Fsp3) is 0.440. The molecular formula is C25H31N5O3. The second-order valence-electron chi connectivity index (χ2n) is 8.68. The maximum atomic E-state index is 12.5. The Balaban J connectivity index is 1.15. The van der Waals surface area contributed by atoms with Crippen LogP contribution < -0.4 is 10.6 Å². The van der Waals surface area contributed by atoms with E-state index < -0.39 is 12.0 Å². The van der Waals surface area contributed by atoms with E-state index in [9.17, 15) is 14.7 Å². The number of benzene rings is 1. The van der Waals surface area contributed by atoms with Crippen molar-refractivity contribution in [2.45, 2.75) is 63.8 Å². The van der Waals surface area contributed by atoms with Crippen molar-refractivity contribution in [3.05, 3.63) is 53.3 Å². The maximum absolute atomic E-state index is 12.5. The average Bonchev–Trinajstić information content (AvgIpc) is 3.30. The lowest BCUT2D eigenvalue weighted by Crippen LogP contribution is -2.40. The van der Waals surface area contributed by atoms with Crippen molar-refractivity contribution < 1.29 is 14.7 Å². The Labute approximate surface area is 193 Å². The van der Waals surface area contributed by atoms with Gasteiger partial charge >= 0.3 is 5.97 Å². The van der Waals surface area contributed by atoms with E-state index in [-0.39, 0.29) is 5.91 Å². The van der Waals surface area contributed by atoms with E-state index >= 15 is 0 Å². The van der Waals surface area contributed by atoms with E-state index in [2.05, 4.69) is 33.0 Å². The maximum Gasteiger partial charge on any atom is 0.326 e. The van der Waals surface area contributed by atoms with Gasteiger partial charge in [-0.3, -0.25) is 9.89 Å². The predicted octanol–water partition coefficient (Wildman–Crippen LogP) is 4.08. The summed E-state index contributed by atoms with van der Waals surface area (Å²) in [6, 6.07) is 8.59. The number of hydrogen-bond donors (Lipinski definition) is 4. The molecule has 4 N–H and O–H groups in total. The van der Waals surface area contributed by atoms with E-state index in [4.69, 9.17) is 4.98 Å². The van der Waals surface area contributed by atoms with Gasteiger partial charge < -0.3 is 15.7 Å². The number of anilines is 1. The number of aliphatic carboxylic acids is 1. The number of nitrogens with zero attached hydrogens (tertiary/aromatic N) is 2. The fourth-order valence-corrected chi connectivity index (χ4v) is 4.28. The normalized spacial score (nSPS) is 13.8. The van der Waals surface area contributed by atoms with Crippen LogP contribution in [0.15, 0.2) is 36.5 Å². The SMILES string of the molecule is O=C(NC(CCCCCCCc1ccc2c(n1)NCCC2)C(=O)O)c1ccc2[nH]ncc2c1. The van der Waals surface area contributed by atoms with Crippen molar-refractivity contribution in [3.8, 4) is 0 Å². The topological polar surface area (TPSA) is 120 Å². The average molecular weight is 450 g/mol. The Hall–Kier alpha value is -3.42. The molecule has 174 valence electrons. The number of fused-ring (bicyclic) bond motifs is 2. The number of carbonyl (C=O) groups is 2. The van der Waals surface area contributed by atoms with Crippen molar-refractivity contribution >= 4 is 28.6 Å². The summed E-state index contributed by atoms with van der Waals surface area (Å²) >= 11 is 0. The molecule has 0 fully saturated rings. The molecule has 0 saturated heterocycles. The number of hydrogen-bond acceptors (Lipinski definition) is 5. The van der Waals surface area contributed by atoms with E-state index in [0.717, 1.165) is 73.9 Å². The lowest BCUT2D eigenvalue weighted by atomic mass is 10.0. The molecular weight excluding hydrogens is 418 g/mol. The van der Waals surface area contributed by atoms with Crippen LogP contribution in [0.2, 0.25) is 0 Å². The Bertz CT molecular complexity index is 1110. The molecule has 33 heavy (non-hydrogen) atoms. The van der Waals surface area contributed by atoms with Crippen LogP contribution in [0.3, 0.4) is 0 Å². The van der Waals surface area contributed by atoms with Gasteiger partial charge in [-0.2, -0.15) is 5.10 Å². The van der Waals surface area contributed by atoms with E-state index in [1.165, 1.54) is 12.0 Å². The lowest BCUT2D eigenvalue weighted by molar-refractivity contribution is -0.139. The van der Waals surface area contributed by atoms with Gasteiger partial charge in [0.2, 0.25) is 0 Å². The molecule has 1 amide bonds.